The minimum atomic E-state index is -6.35. The molecule has 1 saturated heterocycles. The maximum atomic E-state index is 14.9. The Hall–Kier alpha value is -2.90. The largest absolute Gasteiger partial charge is 0.435 e. The van der Waals surface area contributed by atoms with Crippen LogP contribution in [0.15, 0.2) is 53.4 Å². The Labute approximate surface area is 230 Å². The lowest BCUT2D eigenvalue weighted by Gasteiger charge is -2.44. The van der Waals surface area contributed by atoms with Gasteiger partial charge in [-0.3, -0.25) is 4.79 Å². The number of likely N-dealkylation sites (tertiary alicyclic amines) is 1. The lowest BCUT2D eigenvalue weighted by molar-refractivity contribution is -0.348. The van der Waals surface area contributed by atoms with E-state index in [1.54, 1.807) is 6.07 Å². The number of rotatable bonds is 4. The highest BCUT2D eigenvalue weighted by atomic mass is 32.2. The van der Waals surface area contributed by atoms with Crippen LogP contribution in [0.25, 0.3) is 0 Å². The summed E-state index contributed by atoms with van der Waals surface area (Å²) in [5, 5.41) is 2.67. The van der Waals surface area contributed by atoms with E-state index in [9.17, 15) is 48.3 Å². The van der Waals surface area contributed by atoms with E-state index in [1.165, 1.54) is 29.2 Å². The number of nitrogens with zero attached hydrogens (tertiary/aromatic N) is 1. The van der Waals surface area contributed by atoms with Crippen LogP contribution in [0, 0.1) is 5.92 Å². The van der Waals surface area contributed by atoms with Gasteiger partial charge < -0.3 is 10.2 Å². The molecule has 1 amide bonds. The molecule has 0 radical (unpaired) electrons. The normalized spacial score (nSPS) is 27.1. The van der Waals surface area contributed by atoms with Gasteiger partial charge in [0.15, 0.2) is 9.84 Å². The molecule has 1 N–H and O–H groups in total. The smallest absolute Gasteiger partial charge is 0.383 e. The number of amides is 1. The lowest BCUT2D eigenvalue weighted by Crippen LogP contribution is -2.56. The third-order valence-corrected chi connectivity index (χ3v) is 11.1. The number of benzene rings is 2. The lowest BCUT2D eigenvalue weighted by atomic mass is 9.82. The zero-order chi connectivity index (χ0) is 30.0. The predicted octanol–water partition coefficient (Wildman–Crippen LogP) is 6.20. The van der Waals surface area contributed by atoms with E-state index < -0.39 is 62.0 Å². The molecule has 2 fully saturated rings. The van der Waals surface area contributed by atoms with Crippen molar-refractivity contribution in [2.24, 2.45) is 5.92 Å². The van der Waals surface area contributed by atoms with Crippen LogP contribution < -0.4 is 5.32 Å². The maximum Gasteiger partial charge on any atom is 0.435 e. The first-order chi connectivity index (χ1) is 19.1. The fourth-order valence-corrected chi connectivity index (χ4v) is 8.82. The van der Waals surface area contributed by atoms with Crippen molar-refractivity contribution < 1.29 is 48.3 Å². The molecular formula is C27H26F8N2O3S. The third-order valence-electron chi connectivity index (χ3n) is 8.60. The monoisotopic (exact) mass is 610 g/mol. The van der Waals surface area contributed by atoms with Gasteiger partial charge in [-0.1, -0.05) is 30.3 Å². The summed E-state index contributed by atoms with van der Waals surface area (Å²) in [5.41, 5.74) is -8.01. The summed E-state index contributed by atoms with van der Waals surface area (Å²) < 4.78 is 136. The molecule has 0 aromatic heterocycles. The van der Waals surface area contributed by atoms with E-state index in [-0.39, 0.29) is 61.6 Å². The molecule has 1 saturated carbocycles. The second kappa shape index (κ2) is 9.84. The Bertz CT molecular complexity index is 1410. The topological polar surface area (TPSA) is 66.5 Å². The van der Waals surface area contributed by atoms with Crippen molar-refractivity contribution in [2.45, 2.75) is 72.0 Å². The first kappa shape index (κ1) is 29.6. The Morgan fingerprint density at radius 1 is 0.902 bits per heavy atom. The predicted molar refractivity (Wildman–Crippen MR) is 132 cm³/mol. The minimum absolute atomic E-state index is 0.0634. The fourth-order valence-electron chi connectivity index (χ4n) is 6.48. The van der Waals surface area contributed by atoms with Crippen molar-refractivity contribution in [3.8, 4) is 0 Å². The van der Waals surface area contributed by atoms with E-state index in [1.807, 2.05) is 0 Å². The molecule has 2 unspecified atom stereocenters. The van der Waals surface area contributed by atoms with Crippen LogP contribution in [-0.2, 0) is 25.0 Å². The Morgan fingerprint density at radius 3 is 2.10 bits per heavy atom. The first-order valence-corrected chi connectivity index (χ1v) is 14.5. The summed E-state index contributed by atoms with van der Waals surface area (Å²) in [6, 6.07) is 7.45. The number of nitrogens with one attached hydrogen (secondary N) is 1. The number of alkyl halides is 8. The first-order valence-electron chi connectivity index (χ1n) is 13.0. The van der Waals surface area contributed by atoms with Crippen LogP contribution >= 0.6 is 0 Å². The fraction of sp³-hybridized carbons (Fsp3) is 0.519. The number of halogens is 8. The number of anilines is 1. The van der Waals surface area contributed by atoms with Crippen molar-refractivity contribution in [2.75, 3.05) is 18.4 Å². The molecule has 2 atom stereocenters. The average molecular weight is 611 g/mol. The van der Waals surface area contributed by atoms with E-state index >= 15 is 0 Å². The highest BCUT2D eigenvalue weighted by molar-refractivity contribution is 7.92. The number of hydrogen-bond acceptors (Lipinski definition) is 4. The molecule has 0 bridgehead atoms. The Morgan fingerprint density at radius 2 is 1.51 bits per heavy atom. The Balaban J connectivity index is 1.65. The van der Waals surface area contributed by atoms with Crippen molar-refractivity contribution in [1.29, 1.82) is 0 Å². The molecule has 14 heteroatoms. The van der Waals surface area contributed by atoms with Crippen molar-refractivity contribution in [1.82, 2.24) is 4.90 Å². The molecule has 2 aliphatic heterocycles. The summed E-state index contributed by atoms with van der Waals surface area (Å²) in [6.07, 6.45) is -13.1. The van der Waals surface area contributed by atoms with Crippen LogP contribution in [0.5, 0.6) is 0 Å². The number of carbonyl (C=O) groups is 1. The van der Waals surface area contributed by atoms with Gasteiger partial charge in [-0.2, -0.15) is 26.3 Å². The molecule has 5 nitrogen and oxygen atoms in total. The Kier molecular flexibility index (Phi) is 7.10. The van der Waals surface area contributed by atoms with Crippen molar-refractivity contribution in [3.05, 3.63) is 59.7 Å². The van der Waals surface area contributed by atoms with Crippen LogP contribution in [0.3, 0.4) is 0 Å². The van der Waals surface area contributed by atoms with Crippen LogP contribution in [-0.4, -0.2) is 56.9 Å². The van der Waals surface area contributed by atoms with Gasteiger partial charge in [0.05, 0.1) is 10.9 Å². The van der Waals surface area contributed by atoms with Crippen LogP contribution in [0.1, 0.15) is 43.2 Å². The molecule has 224 valence electrons. The second-order valence-corrected chi connectivity index (χ2v) is 13.0. The summed E-state index contributed by atoms with van der Waals surface area (Å²) in [7, 11) is -4.42. The minimum Gasteiger partial charge on any atom is -0.383 e. The van der Waals surface area contributed by atoms with Gasteiger partial charge in [0.25, 0.3) is 0 Å². The SMILES string of the molecule is O=C(C1CCC(F)CC1)N1CCC2(S(=O)(=O)c3ccccc3)c3ccc(C(F)(C(F)(F)F)C(F)(F)F)cc3NCC12. The molecule has 0 spiro atoms. The molecule has 2 aromatic rings. The summed E-state index contributed by atoms with van der Waals surface area (Å²) in [6.45, 7) is -0.393. The quantitative estimate of drug-likeness (QED) is 0.419. The van der Waals surface area contributed by atoms with Gasteiger partial charge >= 0.3 is 18.0 Å². The molecule has 1 aliphatic carbocycles. The van der Waals surface area contributed by atoms with Gasteiger partial charge in [-0.15, -0.1) is 0 Å². The molecule has 41 heavy (non-hydrogen) atoms. The molecule has 3 aliphatic rings. The molecular weight excluding hydrogens is 584 g/mol. The second-order valence-electron chi connectivity index (χ2n) is 10.7. The summed E-state index contributed by atoms with van der Waals surface area (Å²) >= 11 is 0. The highest BCUT2D eigenvalue weighted by Crippen LogP contribution is 2.57. The molecule has 2 aromatic carbocycles. The zero-order valence-electron chi connectivity index (χ0n) is 21.4. The summed E-state index contributed by atoms with van der Waals surface area (Å²) in [5.74, 6) is -0.933. The van der Waals surface area contributed by atoms with Crippen molar-refractivity contribution >= 4 is 21.4 Å². The zero-order valence-corrected chi connectivity index (χ0v) is 22.2. The van der Waals surface area contributed by atoms with Crippen LogP contribution in [0.2, 0.25) is 0 Å². The average Bonchev–Trinajstić information content (AvgIpc) is 3.33. The number of sulfone groups is 1. The van der Waals surface area contributed by atoms with Gasteiger partial charge in [0.1, 0.15) is 10.9 Å². The number of hydrogen-bond donors (Lipinski definition) is 1. The van der Waals surface area contributed by atoms with Gasteiger partial charge in [-0.25, -0.2) is 17.2 Å². The van der Waals surface area contributed by atoms with Crippen LogP contribution in [0.4, 0.5) is 40.8 Å². The number of carbonyl (C=O) groups excluding carboxylic acids is 1. The van der Waals surface area contributed by atoms with Gasteiger partial charge in [-0.05, 0) is 55.9 Å². The molecule has 2 heterocycles. The third kappa shape index (κ3) is 4.38. The van der Waals surface area contributed by atoms with E-state index in [2.05, 4.69) is 5.32 Å². The van der Waals surface area contributed by atoms with Gasteiger partial charge in [0.2, 0.25) is 5.91 Å². The van der Waals surface area contributed by atoms with E-state index in [4.69, 9.17) is 0 Å². The van der Waals surface area contributed by atoms with E-state index in [0.29, 0.717) is 12.1 Å². The summed E-state index contributed by atoms with van der Waals surface area (Å²) in [4.78, 5) is 14.8. The number of fused-ring (bicyclic) bond motifs is 3. The molecule has 5 rings (SSSR count). The van der Waals surface area contributed by atoms with Crippen molar-refractivity contribution in [3.63, 3.8) is 0 Å². The van der Waals surface area contributed by atoms with Gasteiger partial charge in [0, 0.05) is 30.3 Å². The maximum absolute atomic E-state index is 14.9. The van der Waals surface area contributed by atoms with E-state index in [0.717, 1.165) is 6.07 Å². The standard InChI is InChI=1S/C27H26F8N2O3S/c28-18-9-6-16(7-10-18)23(38)37-13-12-24(41(39,40)19-4-2-1-3-5-19)20-11-8-17(14-21(20)36-15-22(24)37)25(29,26(30,31)32)27(33,34)35/h1-5,8,11,14,16,18,22,36H,6-7,9-10,12-13,15H2. The highest BCUT2D eigenvalue weighted by Gasteiger charge is 2.74.